The second kappa shape index (κ2) is 10.8. The third-order valence-electron chi connectivity index (χ3n) is 4.23. The van der Waals surface area contributed by atoms with Gasteiger partial charge in [0, 0.05) is 12.6 Å². The van der Waals surface area contributed by atoms with Crippen molar-refractivity contribution in [1.82, 2.24) is 10.2 Å². The molecule has 0 saturated heterocycles. The van der Waals surface area contributed by atoms with Crippen LogP contribution in [0, 0.1) is 17.1 Å². The summed E-state index contributed by atoms with van der Waals surface area (Å²) in [5.74, 6) is 0.356. The van der Waals surface area contributed by atoms with E-state index in [1.807, 2.05) is 31.1 Å². The molecule has 1 amide bonds. The Kier molecular flexibility index (Phi) is 8.19. The van der Waals surface area contributed by atoms with Crippen LogP contribution in [0.4, 0.5) is 4.39 Å². The number of benzene rings is 2. The molecule has 29 heavy (non-hydrogen) atoms. The Morgan fingerprint density at radius 1 is 1.28 bits per heavy atom. The number of rotatable bonds is 9. The van der Waals surface area contributed by atoms with E-state index in [-0.39, 0.29) is 24.4 Å². The van der Waals surface area contributed by atoms with Crippen molar-refractivity contribution in [3.63, 3.8) is 0 Å². The average Bonchev–Trinajstić information content (AvgIpc) is 2.71. The number of likely N-dealkylation sites (N-methyl/N-ethyl adjacent to an activating group) is 1. The third-order valence-corrected chi connectivity index (χ3v) is 4.23. The molecule has 6 nitrogen and oxygen atoms in total. The summed E-state index contributed by atoms with van der Waals surface area (Å²) in [6.07, 6.45) is 3.07. The molecule has 0 saturated carbocycles. The van der Waals surface area contributed by atoms with Crippen LogP contribution < -0.4 is 14.8 Å². The van der Waals surface area contributed by atoms with Gasteiger partial charge in [0.15, 0.2) is 18.1 Å². The van der Waals surface area contributed by atoms with Gasteiger partial charge in [0.05, 0.1) is 13.2 Å². The fraction of sp³-hybridized carbons (Fsp3) is 0.273. The summed E-state index contributed by atoms with van der Waals surface area (Å²) in [6, 6.07) is 13.2. The summed E-state index contributed by atoms with van der Waals surface area (Å²) in [4.78, 5) is 14.1. The number of methoxy groups -OCH3 is 1. The van der Waals surface area contributed by atoms with E-state index < -0.39 is 0 Å². The third kappa shape index (κ3) is 6.63. The van der Waals surface area contributed by atoms with Gasteiger partial charge in [-0.1, -0.05) is 18.2 Å². The van der Waals surface area contributed by atoms with Crippen LogP contribution in [0.5, 0.6) is 11.5 Å². The lowest BCUT2D eigenvalue weighted by Crippen LogP contribution is -2.33. The summed E-state index contributed by atoms with van der Waals surface area (Å²) in [5.41, 5.74) is 1.53. The van der Waals surface area contributed by atoms with Crippen LogP contribution in [-0.4, -0.2) is 45.2 Å². The fourth-order valence-corrected chi connectivity index (χ4v) is 2.76. The number of ether oxygens (including phenoxy) is 2. The van der Waals surface area contributed by atoms with Gasteiger partial charge in [0.1, 0.15) is 11.9 Å². The lowest BCUT2D eigenvalue weighted by atomic mass is 10.1. The number of nitrogens with one attached hydrogen (secondary N) is 1. The van der Waals surface area contributed by atoms with Crippen LogP contribution in [0.15, 0.2) is 48.5 Å². The molecule has 1 unspecified atom stereocenters. The zero-order valence-electron chi connectivity index (χ0n) is 16.7. The number of amides is 1. The van der Waals surface area contributed by atoms with E-state index in [4.69, 9.17) is 14.7 Å². The van der Waals surface area contributed by atoms with Crippen LogP contribution in [0.1, 0.15) is 17.2 Å². The quantitative estimate of drug-likeness (QED) is 0.658. The first-order valence-corrected chi connectivity index (χ1v) is 9.00. The minimum absolute atomic E-state index is 0.0771. The molecule has 2 aromatic rings. The normalized spacial score (nSPS) is 11.9. The molecule has 2 aromatic carbocycles. The Morgan fingerprint density at radius 3 is 2.72 bits per heavy atom. The molecular formula is C22H24FN3O3. The van der Waals surface area contributed by atoms with E-state index in [1.54, 1.807) is 30.3 Å². The van der Waals surface area contributed by atoms with Gasteiger partial charge in [-0.2, -0.15) is 5.26 Å². The van der Waals surface area contributed by atoms with E-state index in [0.29, 0.717) is 18.0 Å². The summed E-state index contributed by atoms with van der Waals surface area (Å²) in [5, 5.41) is 11.4. The van der Waals surface area contributed by atoms with Gasteiger partial charge >= 0.3 is 0 Å². The molecule has 0 spiro atoms. The van der Waals surface area contributed by atoms with Gasteiger partial charge in [0.25, 0.3) is 0 Å². The van der Waals surface area contributed by atoms with Gasteiger partial charge in [-0.3, -0.25) is 4.79 Å². The molecule has 1 N–H and O–H groups in total. The Morgan fingerprint density at radius 2 is 2.07 bits per heavy atom. The highest BCUT2D eigenvalue weighted by atomic mass is 19.1. The molecule has 2 rings (SSSR count). The van der Waals surface area contributed by atoms with Gasteiger partial charge in [-0.05, 0) is 55.6 Å². The molecule has 7 heteroatoms. The lowest BCUT2D eigenvalue weighted by molar-refractivity contribution is -0.116. The average molecular weight is 397 g/mol. The Balaban J connectivity index is 2.00. The van der Waals surface area contributed by atoms with Gasteiger partial charge in [0.2, 0.25) is 5.91 Å². The predicted molar refractivity (Wildman–Crippen MR) is 109 cm³/mol. The molecular weight excluding hydrogens is 373 g/mol. The van der Waals surface area contributed by atoms with Gasteiger partial charge in [-0.15, -0.1) is 0 Å². The lowest BCUT2D eigenvalue weighted by Gasteiger charge is -2.24. The maximum atomic E-state index is 13.5. The molecule has 0 aliphatic heterocycles. The standard InChI is InChI=1S/C22H24FN3O3/c1-26(2)19(17-5-4-6-18(23)14-17)15-25-22(27)10-8-16-7-9-20(29-12-11-24)21(13-16)28-3/h4-10,13-14,19H,12,15H2,1-3H3,(H,25,27)/b10-8+. The maximum Gasteiger partial charge on any atom is 0.244 e. The second-order valence-electron chi connectivity index (χ2n) is 6.47. The van der Waals surface area contributed by atoms with Crippen molar-refractivity contribution in [3.8, 4) is 17.6 Å². The molecule has 0 aliphatic carbocycles. The van der Waals surface area contributed by atoms with Crippen molar-refractivity contribution in [2.45, 2.75) is 6.04 Å². The number of carbonyl (C=O) groups is 1. The first-order valence-electron chi connectivity index (χ1n) is 9.00. The number of carbonyl (C=O) groups excluding carboxylic acids is 1. The first-order chi connectivity index (χ1) is 13.9. The minimum Gasteiger partial charge on any atom is -0.493 e. The highest BCUT2D eigenvalue weighted by Gasteiger charge is 2.15. The van der Waals surface area contributed by atoms with E-state index in [2.05, 4.69) is 5.32 Å². The molecule has 152 valence electrons. The van der Waals surface area contributed by atoms with Crippen LogP contribution in [-0.2, 0) is 4.79 Å². The zero-order chi connectivity index (χ0) is 21.2. The fourth-order valence-electron chi connectivity index (χ4n) is 2.76. The largest absolute Gasteiger partial charge is 0.493 e. The number of hydrogen-bond acceptors (Lipinski definition) is 5. The number of nitriles is 1. The van der Waals surface area contributed by atoms with Crippen molar-refractivity contribution in [2.24, 2.45) is 0 Å². The highest BCUT2D eigenvalue weighted by Crippen LogP contribution is 2.28. The van der Waals surface area contributed by atoms with Crippen LogP contribution >= 0.6 is 0 Å². The highest BCUT2D eigenvalue weighted by molar-refractivity contribution is 5.91. The molecule has 0 aromatic heterocycles. The Bertz CT molecular complexity index is 906. The monoisotopic (exact) mass is 397 g/mol. The van der Waals surface area contributed by atoms with Crippen molar-refractivity contribution >= 4 is 12.0 Å². The van der Waals surface area contributed by atoms with E-state index in [9.17, 15) is 9.18 Å². The first kappa shape index (κ1) is 21.9. The molecule has 0 bridgehead atoms. The summed E-state index contributed by atoms with van der Waals surface area (Å²) < 4.78 is 24.0. The summed E-state index contributed by atoms with van der Waals surface area (Å²) >= 11 is 0. The molecule has 1 atom stereocenters. The summed E-state index contributed by atoms with van der Waals surface area (Å²) in [6.45, 7) is 0.260. The van der Waals surface area contributed by atoms with E-state index in [0.717, 1.165) is 11.1 Å². The van der Waals surface area contributed by atoms with Crippen LogP contribution in [0.3, 0.4) is 0 Å². The maximum absolute atomic E-state index is 13.5. The number of halogens is 1. The van der Waals surface area contributed by atoms with Crippen molar-refractivity contribution in [3.05, 3.63) is 65.5 Å². The van der Waals surface area contributed by atoms with Crippen molar-refractivity contribution in [1.29, 1.82) is 5.26 Å². The van der Waals surface area contributed by atoms with E-state index >= 15 is 0 Å². The number of hydrogen-bond donors (Lipinski definition) is 1. The predicted octanol–water partition coefficient (Wildman–Crippen LogP) is 3.17. The van der Waals surface area contributed by atoms with Gasteiger partial charge in [-0.25, -0.2) is 4.39 Å². The molecule has 0 radical (unpaired) electrons. The molecule has 0 heterocycles. The molecule has 0 fully saturated rings. The zero-order valence-corrected chi connectivity index (χ0v) is 16.7. The van der Waals surface area contributed by atoms with Crippen molar-refractivity contribution in [2.75, 3.05) is 34.4 Å². The minimum atomic E-state index is -0.309. The Hall–Kier alpha value is -3.37. The topological polar surface area (TPSA) is 74.6 Å². The van der Waals surface area contributed by atoms with Crippen LogP contribution in [0.2, 0.25) is 0 Å². The summed E-state index contributed by atoms with van der Waals surface area (Å²) in [7, 11) is 5.25. The second-order valence-corrected chi connectivity index (χ2v) is 6.47. The SMILES string of the molecule is COc1cc(/C=C/C(=O)NCC(c2cccc(F)c2)N(C)C)ccc1OCC#N. The number of nitrogens with zero attached hydrogens (tertiary/aromatic N) is 2. The van der Waals surface area contributed by atoms with Crippen LogP contribution in [0.25, 0.3) is 6.08 Å². The smallest absolute Gasteiger partial charge is 0.244 e. The molecule has 0 aliphatic rings. The Labute approximate surface area is 170 Å². The van der Waals surface area contributed by atoms with Gasteiger partial charge < -0.3 is 19.7 Å². The van der Waals surface area contributed by atoms with Crippen molar-refractivity contribution < 1.29 is 18.7 Å². The van der Waals surface area contributed by atoms with E-state index in [1.165, 1.54) is 25.3 Å².